The first-order valence-electron chi connectivity index (χ1n) is 8.55. The first kappa shape index (κ1) is 20.2. The largest absolute Gasteiger partial charge is 0.378 e. The standard InChI is InChI=1S/C18H23F3N2O3/c1-11(2)10-14(18(25)23-6-8-26-9-7-23)22-17(24)13-5-3-4-12(15(13)19)16(20)21/h3-5,11,14,16H,6-10H2,1-2H3,(H,22,24)/t14-/m0/s1. The second-order valence-electron chi connectivity index (χ2n) is 6.60. The molecule has 1 aromatic carbocycles. The number of carbonyl (C=O) groups excluding carboxylic acids is 2. The molecule has 8 heteroatoms. The number of hydrogen-bond acceptors (Lipinski definition) is 3. The molecule has 1 aliphatic rings. The molecule has 0 aliphatic carbocycles. The molecule has 0 spiro atoms. The Bertz CT molecular complexity index is 647. The van der Waals surface area contributed by atoms with E-state index in [-0.39, 0.29) is 11.8 Å². The Morgan fingerprint density at radius 1 is 1.23 bits per heavy atom. The summed E-state index contributed by atoms with van der Waals surface area (Å²) in [7, 11) is 0. The van der Waals surface area contributed by atoms with E-state index in [2.05, 4.69) is 5.32 Å². The number of carbonyl (C=O) groups is 2. The van der Waals surface area contributed by atoms with E-state index in [1.54, 1.807) is 4.90 Å². The number of alkyl halides is 2. The van der Waals surface area contributed by atoms with Gasteiger partial charge >= 0.3 is 0 Å². The lowest BCUT2D eigenvalue weighted by Crippen LogP contribution is -2.52. The Morgan fingerprint density at radius 2 is 1.88 bits per heavy atom. The van der Waals surface area contributed by atoms with E-state index in [4.69, 9.17) is 4.74 Å². The predicted molar refractivity (Wildman–Crippen MR) is 89.5 cm³/mol. The number of nitrogens with zero attached hydrogens (tertiary/aromatic N) is 1. The van der Waals surface area contributed by atoms with Crippen molar-refractivity contribution in [3.8, 4) is 0 Å². The Hall–Kier alpha value is -2.09. The summed E-state index contributed by atoms with van der Waals surface area (Å²) in [5, 5.41) is 2.51. The lowest BCUT2D eigenvalue weighted by Gasteiger charge is -2.31. The maximum Gasteiger partial charge on any atom is 0.266 e. The Labute approximate surface area is 150 Å². The average Bonchev–Trinajstić information content (AvgIpc) is 2.60. The monoisotopic (exact) mass is 372 g/mol. The van der Waals surface area contributed by atoms with E-state index in [9.17, 15) is 22.8 Å². The van der Waals surface area contributed by atoms with Crippen LogP contribution in [0.2, 0.25) is 0 Å². The fourth-order valence-corrected chi connectivity index (χ4v) is 2.83. The molecule has 2 amide bonds. The van der Waals surface area contributed by atoms with Crippen molar-refractivity contribution in [2.75, 3.05) is 26.3 Å². The van der Waals surface area contributed by atoms with Crippen molar-refractivity contribution in [2.45, 2.75) is 32.7 Å². The lowest BCUT2D eigenvalue weighted by atomic mass is 10.0. The highest BCUT2D eigenvalue weighted by atomic mass is 19.3. The Morgan fingerprint density at radius 3 is 2.46 bits per heavy atom. The van der Waals surface area contributed by atoms with Gasteiger partial charge in [0, 0.05) is 13.1 Å². The smallest absolute Gasteiger partial charge is 0.266 e. The molecule has 0 unspecified atom stereocenters. The summed E-state index contributed by atoms with van der Waals surface area (Å²) in [5.41, 5.74) is -1.33. The molecule has 1 aromatic rings. The summed E-state index contributed by atoms with van der Waals surface area (Å²) in [6, 6.07) is 2.40. The van der Waals surface area contributed by atoms with Gasteiger partial charge in [-0.05, 0) is 18.4 Å². The fraction of sp³-hybridized carbons (Fsp3) is 0.556. The van der Waals surface area contributed by atoms with Gasteiger partial charge in [0.15, 0.2) is 0 Å². The van der Waals surface area contributed by atoms with Crippen LogP contribution in [0, 0.1) is 11.7 Å². The summed E-state index contributed by atoms with van der Waals surface area (Å²) >= 11 is 0. The van der Waals surface area contributed by atoms with E-state index in [0.717, 1.165) is 12.1 Å². The molecule has 0 radical (unpaired) electrons. The van der Waals surface area contributed by atoms with Crippen molar-refractivity contribution in [3.05, 3.63) is 35.1 Å². The topological polar surface area (TPSA) is 58.6 Å². The molecular formula is C18H23F3N2O3. The van der Waals surface area contributed by atoms with Crippen molar-refractivity contribution >= 4 is 11.8 Å². The highest BCUT2D eigenvalue weighted by molar-refractivity contribution is 5.98. The van der Waals surface area contributed by atoms with Crippen molar-refractivity contribution in [1.82, 2.24) is 10.2 Å². The second kappa shape index (κ2) is 9.02. The third-order valence-electron chi connectivity index (χ3n) is 4.14. The molecule has 1 fully saturated rings. The number of hydrogen-bond donors (Lipinski definition) is 1. The van der Waals surface area contributed by atoms with Crippen LogP contribution >= 0.6 is 0 Å². The number of halogens is 3. The number of rotatable bonds is 6. The normalized spacial score (nSPS) is 16.0. The van der Waals surface area contributed by atoms with E-state index in [1.165, 1.54) is 6.07 Å². The lowest BCUT2D eigenvalue weighted by molar-refractivity contribution is -0.137. The van der Waals surface area contributed by atoms with Gasteiger partial charge in [-0.2, -0.15) is 0 Å². The van der Waals surface area contributed by atoms with Gasteiger partial charge in [-0.1, -0.05) is 26.0 Å². The highest BCUT2D eigenvalue weighted by Crippen LogP contribution is 2.24. The zero-order valence-electron chi connectivity index (χ0n) is 14.8. The zero-order chi connectivity index (χ0) is 19.3. The van der Waals surface area contributed by atoms with Gasteiger partial charge < -0.3 is 15.0 Å². The molecule has 5 nitrogen and oxygen atoms in total. The SMILES string of the molecule is CC(C)C[C@H](NC(=O)c1cccc(C(F)F)c1F)C(=O)N1CCOCC1. The van der Waals surface area contributed by atoms with Crippen LogP contribution in [-0.4, -0.2) is 49.1 Å². The molecule has 0 saturated carbocycles. The summed E-state index contributed by atoms with van der Waals surface area (Å²) in [4.78, 5) is 26.7. The Kier molecular flexibility index (Phi) is 7.02. The first-order valence-corrected chi connectivity index (χ1v) is 8.55. The van der Waals surface area contributed by atoms with Crippen LogP contribution in [0.4, 0.5) is 13.2 Å². The summed E-state index contributed by atoms with van der Waals surface area (Å²) in [6.45, 7) is 5.45. The van der Waals surface area contributed by atoms with Gasteiger partial charge in [-0.25, -0.2) is 13.2 Å². The summed E-state index contributed by atoms with van der Waals surface area (Å²) in [6.07, 6.45) is -2.66. The number of morpholine rings is 1. The van der Waals surface area contributed by atoms with E-state index in [1.807, 2.05) is 13.8 Å². The van der Waals surface area contributed by atoms with E-state index in [0.29, 0.717) is 32.7 Å². The number of benzene rings is 1. The third-order valence-corrected chi connectivity index (χ3v) is 4.14. The van der Waals surface area contributed by atoms with Crippen molar-refractivity contribution in [1.29, 1.82) is 0 Å². The molecule has 0 aromatic heterocycles. The third kappa shape index (κ3) is 4.97. The first-order chi connectivity index (χ1) is 12.3. The molecule has 144 valence electrons. The number of ether oxygens (including phenoxy) is 1. The predicted octanol–water partition coefficient (Wildman–Crippen LogP) is 2.77. The molecule has 1 saturated heterocycles. The van der Waals surface area contributed by atoms with E-state index < -0.39 is 35.3 Å². The highest BCUT2D eigenvalue weighted by Gasteiger charge is 2.29. The second-order valence-corrected chi connectivity index (χ2v) is 6.60. The zero-order valence-corrected chi connectivity index (χ0v) is 14.8. The number of nitrogens with one attached hydrogen (secondary N) is 1. The Balaban J connectivity index is 2.18. The van der Waals surface area contributed by atoms with Crippen LogP contribution in [0.1, 0.15) is 42.6 Å². The van der Waals surface area contributed by atoms with Crippen molar-refractivity contribution < 1.29 is 27.5 Å². The van der Waals surface area contributed by atoms with Crippen LogP contribution in [0.25, 0.3) is 0 Å². The average molecular weight is 372 g/mol. The van der Waals surface area contributed by atoms with Crippen molar-refractivity contribution in [3.63, 3.8) is 0 Å². The van der Waals surface area contributed by atoms with Gasteiger partial charge in [0.05, 0.1) is 24.3 Å². The van der Waals surface area contributed by atoms with Gasteiger partial charge in [0.25, 0.3) is 12.3 Å². The molecule has 1 N–H and O–H groups in total. The van der Waals surface area contributed by atoms with Crippen LogP contribution in [-0.2, 0) is 9.53 Å². The summed E-state index contributed by atoms with van der Waals surface area (Å²) in [5.74, 6) is -2.32. The minimum Gasteiger partial charge on any atom is -0.378 e. The maximum absolute atomic E-state index is 14.2. The van der Waals surface area contributed by atoms with Crippen LogP contribution < -0.4 is 5.32 Å². The van der Waals surface area contributed by atoms with Gasteiger partial charge in [0.2, 0.25) is 5.91 Å². The fourth-order valence-electron chi connectivity index (χ4n) is 2.83. The van der Waals surface area contributed by atoms with E-state index >= 15 is 0 Å². The summed E-state index contributed by atoms with van der Waals surface area (Å²) < 4.78 is 45.1. The van der Waals surface area contributed by atoms with Gasteiger partial charge in [-0.3, -0.25) is 9.59 Å². The van der Waals surface area contributed by atoms with Gasteiger partial charge in [0.1, 0.15) is 11.9 Å². The molecule has 26 heavy (non-hydrogen) atoms. The molecule has 0 bridgehead atoms. The molecule has 1 aliphatic heterocycles. The minimum absolute atomic E-state index is 0.0996. The molecular weight excluding hydrogens is 349 g/mol. The maximum atomic E-state index is 14.2. The molecule has 2 rings (SSSR count). The quantitative estimate of drug-likeness (QED) is 0.835. The van der Waals surface area contributed by atoms with Crippen LogP contribution in [0.15, 0.2) is 18.2 Å². The molecule has 1 atom stereocenters. The van der Waals surface area contributed by atoms with Crippen LogP contribution in [0.5, 0.6) is 0 Å². The minimum atomic E-state index is -3.02. The van der Waals surface area contributed by atoms with Crippen LogP contribution in [0.3, 0.4) is 0 Å². The van der Waals surface area contributed by atoms with Gasteiger partial charge in [-0.15, -0.1) is 0 Å². The van der Waals surface area contributed by atoms with Crippen molar-refractivity contribution in [2.24, 2.45) is 5.92 Å². The molecule has 1 heterocycles. The number of amides is 2.